The van der Waals surface area contributed by atoms with Crippen molar-refractivity contribution in [3.63, 3.8) is 0 Å². The zero-order valence-corrected chi connectivity index (χ0v) is 15.2. The summed E-state index contributed by atoms with van der Waals surface area (Å²) in [5.74, 6) is -0.677. The van der Waals surface area contributed by atoms with Gasteiger partial charge in [0.2, 0.25) is 0 Å². The number of carbonyl (C=O) groups excluding carboxylic acids is 2. The third-order valence-corrected chi connectivity index (χ3v) is 4.79. The number of nitrogens with one attached hydrogen (secondary N) is 1. The summed E-state index contributed by atoms with van der Waals surface area (Å²) >= 11 is 0. The molecule has 0 atom stereocenters. The van der Waals surface area contributed by atoms with Crippen LogP contribution in [0.1, 0.15) is 40.1 Å². The molecule has 0 saturated heterocycles. The molecule has 0 spiro atoms. The highest BCUT2D eigenvalue weighted by Crippen LogP contribution is 2.28. The number of furan rings is 1. The predicted octanol–water partition coefficient (Wildman–Crippen LogP) is 2.74. The quantitative estimate of drug-likeness (QED) is 0.521. The van der Waals surface area contributed by atoms with E-state index in [-0.39, 0.29) is 25.3 Å². The van der Waals surface area contributed by atoms with Gasteiger partial charge in [-0.15, -0.1) is 0 Å². The van der Waals surface area contributed by atoms with Crippen LogP contribution < -0.4 is 10.9 Å². The molecule has 0 bridgehead atoms. The van der Waals surface area contributed by atoms with Crippen molar-refractivity contribution in [2.45, 2.75) is 32.3 Å². The molecule has 4 rings (SSSR count). The smallest absolute Gasteiger partial charge is 0.336 e. The van der Waals surface area contributed by atoms with Crippen LogP contribution in [-0.2, 0) is 29.0 Å². The van der Waals surface area contributed by atoms with E-state index >= 15 is 0 Å². The summed E-state index contributed by atoms with van der Waals surface area (Å²) in [6.45, 7) is 0.107. The van der Waals surface area contributed by atoms with E-state index in [1.54, 1.807) is 6.07 Å². The van der Waals surface area contributed by atoms with E-state index in [0.717, 1.165) is 24.6 Å². The Balaban J connectivity index is 1.38. The number of hydrogen-bond donors (Lipinski definition) is 1. The molecule has 0 fully saturated rings. The van der Waals surface area contributed by atoms with Crippen LogP contribution in [-0.4, -0.2) is 18.4 Å². The Morgan fingerprint density at radius 3 is 2.75 bits per heavy atom. The molecule has 7 nitrogen and oxygen atoms in total. The number of ether oxygens (including phenoxy) is 1. The lowest BCUT2D eigenvalue weighted by atomic mass is 10.0. The van der Waals surface area contributed by atoms with Crippen molar-refractivity contribution in [2.75, 3.05) is 6.54 Å². The Labute approximate surface area is 160 Å². The molecule has 1 amide bonds. The number of hydrogen-bond acceptors (Lipinski definition) is 6. The first-order valence-corrected chi connectivity index (χ1v) is 9.16. The van der Waals surface area contributed by atoms with Crippen LogP contribution in [0.15, 0.2) is 50.2 Å². The van der Waals surface area contributed by atoms with Gasteiger partial charge in [-0.2, -0.15) is 0 Å². The first kappa shape index (κ1) is 18.0. The van der Waals surface area contributed by atoms with Gasteiger partial charge in [-0.1, -0.05) is 0 Å². The second kappa shape index (κ2) is 7.72. The van der Waals surface area contributed by atoms with Crippen LogP contribution in [0.5, 0.6) is 0 Å². The van der Waals surface area contributed by atoms with Crippen molar-refractivity contribution in [1.29, 1.82) is 0 Å². The molecule has 2 heterocycles. The van der Waals surface area contributed by atoms with Gasteiger partial charge in [0.15, 0.2) is 5.76 Å². The maximum absolute atomic E-state index is 12.0. The lowest BCUT2D eigenvalue weighted by Gasteiger charge is -2.09. The molecule has 0 radical (unpaired) electrons. The zero-order chi connectivity index (χ0) is 19.5. The summed E-state index contributed by atoms with van der Waals surface area (Å²) in [6, 6.07) is 8.44. The predicted molar refractivity (Wildman–Crippen MR) is 100.0 cm³/mol. The minimum Gasteiger partial charge on any atom is -0.461 e. The number of benzene rings is 1. The lowest BCUT2D eigenvalue weighted by Crippen LogP contribution is -2.26. The standard InChI is InChI=1S/C21H19NO6/c23-19(6-7-22-21(25)17-5-2-8-26-17)27-12-15-11-20(24)28-18-10-14-4-1-3-13(14)9-16(15)18/h2,5,8-11H,1,3-4,6-7,12H2,(H,22,25). The molecular weight excluding hydrogens is 362 g/mol. The van der Waals surface area contributed by atoms with Crippen molar-refractivity contribution in [3.8, 4) is 0 Å². The van der Waals surface area contributed by atoms with E-state index in [1.165, 1.54) is 29.5 Å². The van der Waals surface area contributed by atoms with E-state index in [9.17, 15) is 14.4 Å². The van der Waals surface area contributed by atoms with Crippen LogP contribution in [0.25, 0.3) is 11.0 Å². The van der Waals surface area contributed by atoms with Crippen LogP contribution in [0.2, 0.25) is 0 Å². The number of carbonyl (C=O) groups is 2. The largest absolute Gasteiger partial charge is 0.461 e. The monoisotopic (exact) mass is 381 g/mol. The van der Waals surface area contributed by atoms with E-state index in [2.05, 4.69) is 5.32 Å². The van der Waals surface area contributed by atoms with Gasteiger partial charge in [0.05, 0.1) is 12.7 Å². The normalized spacial score (nSPS) is 12.7. The average molecular weight is 381 g/mol. The zero-order valence-electron chi connectivity index (χ0n) is 15.2. The molecule has 0 aliphatic heterocycles. The van der Waals surface area contributed by atoms with Crippen LogP contribution >= 0.6 is 0 Å². The van der Waals surface area contributed by atoms with Crippen LogP contribution in [0.4, 0.5) is 0 Å². The summed E-state index contributed by atoms with van der Waals surface area (Å²) in [4.78, 5) is 35.6. The molecular formula is C21H19NO6. The third kappa shape index (κ3) is 3.83. The Bertz CT molecular complexity index is 1080. The minimum absolute atomic E-state index is 0.0151. The summed E-state index contributed by atoms with van der Waals surface area (Å²) in [5.41, 5.74) is 3.12. The third-order valence-electron chi connectivity index (χ3n) is 4.79. The first-order valence-electron chi connectivity index (χ1n) is 9.16. The molecule has 1 aliphatic rings. The van der Waals surface area contributed by atoms with Crippen molar-refractivity contribution >= 4 is 22.8 Å². The molecule has 3 aromatic rings. The van der Waals surface area contributed by atoms with E-state index in [1.807, 2.05) is 12.1 Å². The molecule has 0 unspecified atom stereocenters. The molecule has 1 N–H and O–H groups in total. The highest BCUT2D eigenvalue weighted by Gasteiger charge is 2.16. The van der Waals surface area contributed by atoms with Crippen molar-refractivity contribution in [1.82, 2.24) is 5.32 Å². The molecule has 7 heteroatoms. The minimum atomic E-state index is -0.470. The first-order chi connectivity index (χ1) is 13.6. The van der Waals surface area contributed by atoms with E-state index in [4.69, 9.17) is 13.6 Å². The second-order valence-corrected chi connectivity index (χ2v) is 6.71. The van der Waals surface area contributed by atoms with Crippen molar-refractivity contribution < 1.29 is 23.2 Å². The highest BCUT2D eigenvalue weighted by molar-refractivity contribution is 5.91. The van der Waals surface area contributed by atoms with Crippen molar-refractivity contribution in [2.24, 2.45) is 0 Å². The second-order valence-electron chi connectivity index (χ2n) is 6.71. The van der Waals surface area contributed by atoms with Gasteiger partial charge >= 0.3 is 11.6 Å². The summed E-state index contributed by atoms with van der Waals surface area (Å²) < 4.78 is 15.6. The molecule has 28 heavy (non-hydrogen) atoms. The van der Waals surface area contributed by atoms with Gasteiger partial charge in [-0.05, 0) is 54.7 Å². The van der Waals surface area contributed by atoms with Gasteiger partial charge in [0.1, 0.15) is 12.2 Å². The molecule has 2 aromatic heterocycles. The van der Waals surface area contributed by atoms with E-state index < -0.39 is 17.5 Å². The fourth-order valence-electron chi connectivity index (χ4n) is 3.42. The highest BCUT2D eigenvalue weighted by atomic mass is 16.5. The number of aryl methyl sites for hydroxylation is 2. The fraction of sp³-hybridized carbons (Fsp3) is 0.286. The van der Waals surface area contributed by atoms with Gasteiger partial charge in [0, 0.05) is 23.6 Å². The topological polar surface area (TPSA) is 98.8 Å². The molecule has 144 valence electrons. The Morgan fingerprint density at radius 2 is 1.96 bits per heavy atom. The molecule has 1 aliphatic carbocycles. The maximum Gasteiger partial charge on any atom is 0.336 e. The van der Waals surface area contributed by atoms with Gasteiger partial charge in [-0.3, -0.25) is 9.59 Å². The number of amides is 1. The van der Waals surface area contributed by atoms with Crippen LogP contribution in [0.3, 0.4) is 0 Å². The van der Waals surface area contributed by atoms with Gasteiger partial charge in [-0.25, -0.2) is 4.79 Å². The summed E-state index contributed by atoms with van der Waals surface area (Å²) in [5, 5.41) is 3.37. The molecule has 0 saturated carbocycles. The Morgan fingerprint density at radius 1 is 1.14 bits per heavy atom. The number of esters is 1. The Hall–Kier alpha value is -3.35. The lowest BCUT2D eigenvalue weighted by molar-refractivity contribution is -0.144. The summed E-state index contributed by atoms with van der Waals surface area (Å²) in [7, 11) is 0. The van der Waals surface area contributed by atoms with E-state index in [0.29, 0.717) is 11.1 Å². The SMILES string of the molecule is O=C(CCNC(=O)c1ccco1)OCc1cc(=O)oc2cc3c(cc12)CCC3. The fourth-order valence-corrected chi connectivity index (χ4v) is 3.42. The maximum atomic E-state index is 12.0. The summed E-state index contributed by atoms with van der Waals surface area (Å²) in [6.07, 6.45) is 4.49. The number of fused-ring (bicyclic) bond motifs is 2. The van der Waals surface area contributed by atoms with Gasteiger partial charge in [0.25, 0.3) is 5.91 Å². The van der Waals surface area contributed by atoms with Crippen LogP contribution in [0, 0.1) is 0 Å². The Kier molecular flexibility index (Phi) is 4.97. The van der Waals surface area contributed by atoms with Crippen molar-refractivity contribution in [3.05, 3.63) is 69.5 Å². The molecule has 1 aromatic carbocycles. The number of rotatable bonds is 6. The average Bonchev–Trinajstić information content (AvgIpc) is 3.35. The van der Waals surface area contributed by atoms with Gasteiger partial charge < -0.3 is 18.9 Å².